The first kappa shape index (κ1) is 15.6. The molecule has 0 amide bonds. The van der Waals surface area contributed by atoms with Gasteiger partial charge in [-0.15, -0.1) is 0 Å². The van der Waals surface area contributed by atoms with E-state index in [2.05, 4.69) is 13.5 Å². The molecule has 1 N–H and O–H groups in total. The minimum atomic E-state index is -0.508. The predicted octanol–water partition coefficient (Wildman–Crippen LogP) is 3.57. The molecule has 1 aromatic rings. The van der Waals surface area contributed by atoms with Crippen molar-refractivity contribution < 1.29 is 14.6 Å². The molecule has 19 heavy (non-hydrogen) atoms. The first-order valence-electron chi connectivity index (χ1n) is 6.82. The van der Waals surface area contributed by atoms with Crippen LogP contribution in [0.4, 0.5) is 0 Å². The highest BCUT2D eigenvalue weighted by Crippen LogP contribution is 2.20. The largest absolute Gasteiger partial charge is 0.497 e. The summed E-state index contributed by atoms with van der Waals surface area (Å²) in [6, 6.07) is 7.32. The minimum Gasteiger partial charge on any atom is -0.497 e. The summed E-state index contributed by atoms with van der Waals surface area (Å²) in [6.45, 7) is 5.87. The van der Waals surface area contributed by atoms with Gasteiger partial charge in [0.1, 0.15) is 17.6 Å². The molecule has 3 heteroatoms. The van der Waals surface area contributed by atoms with E-state index in [-0.39, 0.29) is 6.10 Å². The van der Waals surface area contributed by atoms with Crippen molar-refractivity contribution in [1.82, 2.24) is 0 Å². The van der Waals surface area contributed by atoms with E-state index in [0.29, 0.717) is 5.75 Å². The molecule has 0 saturated carbocycles. The van der Waals surface area contributed by atoms with E-state index in [1.807, 2.05) is 24.3 Å². The molecule has 106 valence electrons. The Hall–Kier alpha value is -1.48. The lowest BCUT2D eigenvalue weighted by molar-refractivity contribution is 0.0562. The Morgan fingerprint density at radius 1 is 1.21 bits per heavy atom. The van der Waals surface area contributed by atoms with Crippen LogP contribution in [0.15, 0.2) is 36.9 Å². The van der Waals surface area contributed by atoms with Gasteiger partial charge in [0.05, 0.1) is 13.2 Å². The summed E-state index contributed by atoms with van der Waals surface area (Å²) >= 11 is 0. The van der Waals surface area contributed by atoms with Gasteiger partial charge in [-0.1, -0.05) is 32.8 Å². The van der Waals surface area contributed by atoms with Crippen molar-refractivity contribution in [3.05, 3.63) is 36.9 Å². The SMILES string of the molecule is C=C[C@H](Oc1ccc(OC)cc1)[C@H](O)CCCCC. The van der Waals surface area contributed by atoms with Crippen LogP contribution in [-0.4, -0.2) is 24.4 Å². The standard InChI is InChI=1S/C16H24O3/c1-4-6-7-8-15(17)16(5-2)19-14-11-9-13(18-3)10-12-14/h5,9-12,15-17H,2,4,6-8H2,1,3H3/t15-,16+/m1/s1. The van der Waals surface area contributed by atoms with Crippen LogP contribution in [0.3, 0.4) is 0 Å². The first-order valence-corrected chi connectivity index (χ1v) is 6.82. The van der Waals surface area contributed by atoms with Crippen LogP contribution in [-0.2, 0) is 0 Å². The number of aliphatic hydroxyl groups is 1. The van der Waals surface area contributed by atoms with Crippen molar-refractivity contribution in [2.45, 2.75) is 44.8 Å². The molecule has 1 aromatic carbocycles. The normalized spacial score (nSPS) is 13.6. The van der Waals surface area contributed by atoms with E-state index in [4.69, 9.17) is 9.47 Å². The van der Waals surface area contributed by atoms with Gasteiger partial charge in [0, 0.05) is 0 Å². The molecular formula is C16H24O3. The smallest absolute Gasteiger partial charge is 0.142 e. The van der Waals surface area contributed by atoms with Crippen molar-refractivity contribution in [2.24, 2.45) is 0 Å². The Balaban J connectivity index is 2.52. The fraction of sp³-hybridized carbons (Fsp3) is 0.500. The molecule has 0 aliphatic rings. The average molecular weight is 264 g/mol. The third kappa shape index (κ3) is 5.35. The van der Waals surface area contributed by atoms with E-state index in [1.165, 1.54) is 0 Å². The van der Waals surface area contributed by atoms with Crippen LogP contribution in [0.25, 0.3) is 0 Å². The van der Waals surface area contributed by atoms with E-state index in [9.17, 15) is 5.11 Å². The summed E-state index contributed by atoms with van der Waals surface area (Å²) < 4.78 is 10.8. The van der Waals surface area contributed by atoms with Crippen LogP contribution >= 0.6 is 0 Å². The van der Waals surface area contributed by atoms with Crippen LogP contribution in [0.1, 0.15) is 32.6 Å². The van der Waals surface area contributed by atoms with E-state index >= 15 is 0 Å². The molecule has 0 unspecified atom stereocenters. The van der Waals surface area contributed by atoms with Crippen molar-refractivity contribution in [3.63, 3.8) is 0 Å². The molecule has 0 spiro atoms. The van der Waals surface area contributed by atoms with Crippen LogP contribution in [0, 0.1) is 0 Å². The summed E-state index contributed by atoms with van der Waals surface area (Å²) in [5.74, 6) is 1.49. The molecule has 0 fully saturated rings. The summed E-state index contributed by atoms with van der Waals surface area (Å²) in [5, 5.41) is 10.1. The average Bonchev–Trinajstić information content (AvgIpc) is 2.45. The van der Waals surface area contributed by atoms with Gasteiger partial charge in [-0.05, 0) is 36.8 Å². The van der Waals surface area contributed by atoms with E-state index < -0.39 is 6.10 Å². The number of unbranched alkanes of at least 4 members (excludes halogenated alkanes) is 2. The number of rotatable bonds is 9. The van der Waals surface area contributed by atoms with Gasteiger partial charge >= 0.3 is 0 Å². The number of hydrogen-bond donors (Lipinski definition) is 1. The molecule has 1 rings (SSSR count). The zero-order chi connectivity index (χ0) is 14.1. The second-order valence-corrected chi connectivity index (χ2v) is 4.56. The Morgan fingerprint density at radius 3 is 2.37 bits per heavy atom. The third-order valence-electron chi connectivity index (χ3n) is 3.05. The molecular weight excluding hydrogens is 240 g/mol. The van der Waals surface area contributed by atoms with Crippen molar-refractivity contribution >= 4 is 0 Å². The molecule has 0 bridgehead atoms. The molecule has 0 aromatic heterocycles. The molecule has 3 nitrogen and oxygen atoms in total. The lowest BCUT2D eigenvalue weighted by Gasteiger charge is -2.21. The Kier molecular flexibility index (Phi) is 7.04. The molecule has 0 aliphatic heterocycles. The van der Waals surface area contributed by atoms with E-state index in [0.717, 1.165) is 31.4 Å². The molecule has 0 heterocycles. The second kappa shape index (κ2) is 8.59. The summed E-state index contributed by atoms with van der Waals surface area (Å²) in [6.07, 6.45) is 4.79. The van der Waals surface area contributed by atoms with Crippen molar-refractivity contribution in [3.8, 4) is 11.5 Å². The summed E-state index contributed by atoms with van der Waals surface area (Å²) in [7, 11) is 1.62. The van der Waals surface area contributed by atoms with Crippen molar-refractivity contribution in [2.75, 3.05) is 7.11 Å². The highest BCUT2D eigenvalue weighted by Gasteiger charge is 2.17. The maximum Gasteiger partial charge on any atom is 0.142 e. The quantitative estimate of drug-likeness (QED) is 0.547. The number of benzene rings is 1. The highest BCUT2D eigenvalue weighted by molar-refractivity contribution is 5.31. The Bertz CT molecular complexity index is 359. The summed E-state index contributed by atoms with van der Waals surface area (Å²) in [5.41, 5.74) is 0. The van der Waals surface area contributed by atoms with Crippen LogP contribution < -0.4 is 9.47 Å². The fourth-order valence-electron chi connectivity index (χ4n) is 1.86. The van der Waals surface area contributed by atoms with Gasteiger partial charge in [-0.25, -0.2) is 0 Å². The fourth-order valence-corrected chi connectivity index (χ4v) is 1.86. The lowest BCUT2D eigenvalue weighted by atomic mass is 10.1. The maximum atomic E-state index is 10.1. The molecule has 0 radical (unpaired) electrons. The number of ether oxygens (including phenoxy) is 2. The zero-order valence-electron chi connectivity index (χ0n) is 11.8. The first-order chi connectivity index (χ1) is 9.21. The van der Waals surface area contributed by atoms with Gasteiger partial charge in [0.25, 0.3) is 0 Å². The van der Waals surface area contributed by atoms with Gasteiger partial charge < -0.3 is 14.6 Å². The van der Waals surface area contributed by atoms with Gasteiger partial charge in [0.2, 0.25) is 0 Å². The van der Waals surface area contributed by atoms with Crippen LogP contribution in [0.2, 0.25) is 0 Å². The van der Waals surface area contributed by atoms with E-state index in [1.54, 1.807) is 13.2 Å². The zero-order valence-corrected chi connectivity index (χ0v) is 11.8. The summed E-state index contributed by atoms with van der Waals surface area (Å²) in [4.78, 5) is 0. The monoisotopic (exact) mass is 264 g/mol. The van der Waals surface area contributed by atoms with Gasteiger partial charge in [-0.3, -0.25) is 0 Å². The minimum absolute atomic E-state index is 0.370. The molecule has 0 saturated heterocycles. The van der Waals surface area contributed by atoms with Crippen molar-refractivity contribution in [1.29, 1.82) is 0 Å². The third-order valence-corrected chi connectivity index (χ3v) is 3.05. The lowest BCUT2D eigenvalue weighted by Crippen LogP contribution is -2.29. The highest BCUT2D eigenvalue weighted by atomic mass is 16.5. The maximum absolute atomic E-state index is 10.1. The topological polar surface area (TPSA) is 38.7 Å². The Labute approximate surface area is 115 Å². The predicted molar refractivity (Wildman–Crippen MR) is 77.8 cm³/mol. The molecule has 2 atom stereocenters. The van der Waals surface area contributed by atoms with Crippen LogP contribution in [0.5, 0.6) is 11.5 Å². The number of hydrogen-bond acceptors (Lipinski definition) is 3. The Morgan fingerprint density at radius 2 is 1.84 bits per heavy atom. The number of methoxy groups -OCH3 is 1. The number of aliphatic hydroxyl groups excluding tert-OH is 1. The molecule has 0 aliphatic carbocycles. The van der Waals surface area contributed by atoms with Gasteiger partial charge in [-0.2, -0.15) is 0 Å². The van der Waals surface area contributed by atoms with Gasteiger partial charge in [0.15, 0.2) is 0 Å². The second-order valence-electron chi connectivity index (χ2n) is 4.56.